The second-order valence-corrected chi connectivity index (χ2v) is 5.82. The molecule has 1 aromatic rings. The lowest BCUT2D eigenvalue weighted by Gasteiger charge is -2.29. The Morgan fingerprint density at radius 3 is 2.50 bits per heavy atom. The van der Waals surface area contributed by atoms with Gasteiger partial charge in [-0.1, -0.05) is 13.8 Å². The van der Waals surface area contributed by atoms with Crippen molar-refractivity contribution in [3.8, 4) is 5.75 Å². The van der Waals surface area contributed by atoms with Gasteiger partial charge in [0.2, 0.25) is 5.75 Å². The van der Waals surface area contributed by atoms with Crippen molar-refractivity contribution in [3.63, 3.8) is 0 Å². The Morgan fingerprint density at radius 1 is 1.45 bits per heavy atom. The van der Waals surface area contributed by atoms with E-state index in [4.69, 9.17) is 4.74 Å². The van der Waals surface area contributed by atoms with E-state index in [0.717, 1.165) is 25.0 Å². The molecule has 0 atom stereocenters. The number of halogens is 2. The van der Waals surface area contributed by atoms with E-state index < -0.39 is 10.7 Å². The van der Waals surface area contributed by atoms with Crippen molar-refractivity contribution in [1.82, 2.24) is 0 Å². The number of benzene rings is 1. The summed E-state index contributed by atoms with van der Waals surface area (Å²) in [5.74, 6) is -0.00101. The van der Waals surface area contributed by atoms with Crippen LogP contribution in [0.4, 0.5) is 10.1 Å². The Hall–Kier alpha value is -0.820. The number of rotatable bonds is 7. The second-order valence-electron chi connectivity index (χ2n) is 4.65. The summed E-state index contributed by atoms with van der Waals surface area (Å²) in [6.45, 7) is 4.35. The molecule has 0 saturated heterocycles. The number of nitro benzene ring substituents is 1. The lowest BCUT2D eigenvalue weighted by Crippen LogP contribution is -2.29. The number of hydrogen-bond donors (Lipinski definition) is 1. The quantitative estimate of drug-likeness (QED) is 0.436. The molecule has 0 aliphatic carbocycles. The van der Waals surface area contributed by atoms with Gasteiger partial charge < -0.3 is 4.74 Å². The molecule has 0 spiro atoms. The Kier molecular flexibility index (Phi) is 6.26. The molecule has 0 saturated carbocycles. The molecule has 1 aromatic carbocycles. The molecule has 0 bridgehead atoms. The Balaban J connectivity index is 3.06. The summed E-state index contributed by atoms with van der Waals surface area (Å²) in [7, 11) is 0. The summed E-state index contributed by atoms with van der Waals surface area (Å²) in [5.41, 5.74) is -0.526. The van der Waals surface area contributed by atoms with Gasteiger partial charge in [-0.15, -0.1) is 0 Å². The first kappa shape index (κ1) is 17.2. The van der Waals surface area contributed by atoms with Crippen LogP contribution in [0.5, 0.6) is 5.75 Å². The van der Waals surface area contributed by atoms with Crippen LogP contribution in [0.3, 0.4) is 0 Å². The van der Waals surface area contributed by atoms with E-state index in [-0.39, 0.29) is 21.3 Å². The minimum Gasteiger partial charge on any atom is -0.485 e. The molecule has 0 unspecified atom stereocenters. The molecule has 0 amide bonds. The topological polar surface area (TPSA) is 52.4 Å². The molecule has 0 aliphatic heterocycles. The first-order valence-corrected chi connectivity index (χ1v) is 7.68. The summed E-state index contributed by atoms with van der Waals surface area (Å²) < 4.78 is 19.1. The van der Waals surface area contributed by atoms with Gasteiger partial charge in [0.15, 0.2) is 0 Å². The zero-order valence-corrected chi connectivity index (χ0v) is 13.8. The number of nitrogens with zero attached hydrogens (tertiary/aromatic N) is 1. The minimum atomic E-state index is -0.678. The largest absolute Gasteiger partial charge is 0.485 e. The van der Waals surface area contributed by atoms with Crippen molar-refractivity contribution in [2.45, 2.75) is 26.7 Å². The lowest BCUT2D eigenvalue weighted by atomic mass is 9.85. The van der Waals surface area contributed by atoms with Crippen molar-refractivity contribution in [2.75, 3.05) is 12.4 Å². The molecule has 0 radical (unpaired) electrons. The molecule has 7 heteroatoms. The molecular formula is C13H17BrFNO3S. The third kappa shape index (κ3) is 3.85. The minimum absolute atomic E-state index is 0.0597. The highest BCUT2D eigenvalue weighted by molar-refractivity contribution is 9.10. The molecule has 0 aliphatic rings. The first-order chi connectivity index (χ1) is 9.39. The van der Waals surface area contributed by atoms with Crippen molar-refractivity contribution in [1.29, 1.82) is 0 Å². The van der Waals surface area contributed by atoms with Crippen LogP contribution in [0.15, 0.2) is 16.6 Å². The van der Waals surface area contributed by atoms with Crippen molar-refractivity contribution in [2.24, 2.45) is 5.41 Å². The standard InChI is InChI=1S/C13H17BrFNO3S/c1-3-13(4-2,8-20)7-19-12-10(14)5-9(15)6-11(12)16(17)18/h5-6,20H,3-4,7-8H2,1-2H3. The van der Waals surface area contributed by atoms with Crippen LogP contribution in [0.2, 0.25) is 0 Å². The number of ether oxygens (including phenoxy) is 1. The smallest absolute Gasteiger partial charge is 0.315 e. The van der Waals surface area contributed by atoms with Crippen molar-refractivity contribution >= 4 is 34.2 Å². The fourth-order valence-electron chi connectivity index (χ4n) is 1.77. The zero-order chi connectivity index (χ0) is 15.3. The third-order valence-corrected chi connectivity index (χ3v) is 4.80. The SMILES string of the molecule is CCC(CC)(CS)COc1c(Br)cc(F)cc1[N+](=O)[O-]. The molecule has 112 valence electrons. The van der Waals surface area contributed by atoms with Gasteiger partial charge in [0.05, 0.1) is 22.1 Å². The van der Waals surface area contributed by atoms with Gasteiger partial charge in [-0.2, -0.15) is 12.6 Å². The zero-order valence-electron chi connectivity index (χ0n) is 11.4. The maximum atomic E-state index is 13.2. The van der Waals surface area contributed by atoms with E-state index >= 15 is 0 Å². The Morgan fingerprint density at radius 2 is 2.05 bits per heavy atom. The molecule has 0 N–H and O–H groups in total. The van der Waals surface area contributed by atoms with Gasteiger partial charge >= 0.3 is 5.69 Å². The summed E-state index contributed by atoms with van der Waals surface area (Å²) >= 11 is 7.44. The van der Waals surface area contributed by atoms with Crippen LogP contribution in [-0.2, 0) is 0 Å². The summed E-state index contributed by atoms with van der Waals surface area (Å²) in [6, 6.07) is 2.02. The predicted octanol–water partition coefficient (Wildman–Crippen LogP) is 4.61. The van der Waals surface area contributed by atoms with Crippen LogP contribution in [0.25, 0.3) is 0 Å². The van der Waals surface area contributed by atoms with Gasteiger partial charge in [-0.05, 0) is 40.6 Å². The van der Waals surface area contributed by atoms with E-state index in [9.17, 15) is 14.5 Å². The summed E-state index contributed by atoms with van der Waals surface area (Å²) in [6.07, 6.45) is 1.69. The lowest BCUT2D eigenvalue weighted by molar-refractivity contribution is -0.386. The van der Waals surface area contributed by atoms with Gasteiger partial charge in [0.25, 0.3) is 0 Å². The number of thiol groups is 1. The van der Waals surface area contributed by atoms with E-state index in [0.29, 0.717) is 12.4 Å². The van der Waals surface area contributed by atoms with Gasteiger partial charge in [0.1, 0.15) is 5.82 Å². The molecule has 1 rings (SSSR count). The van der Waals surface area contributed by atoms with Crippen LogP contribution in [0, 0.1) is 21.3 Å². The van der Waals surface area contributed by atoms with Crippen molar-refractivity contribution < 1.29 is 14.1 Å². The Labute approximate surface area is 131 Å². The average Bonchev–Trinajstić information content (AvgIpc) is 2.41. The van der Waals surface area contributed by atoms with Crippen LogP contribution in [-0.4, -0.2) is 17.3 Å². The van der Waals surface area contributed by atoms with Gasteiger partial charge in [0, 0.05) is 5.41 Å². The summed E-state index contributed by atoms with van der Waals surface area (Å²) in [4.78, 5) is 10.3. The fraction of sp³-hybridized carbons (Fsp3) is 0.538. The predicted molar refractivity (Wildman–Crippen MR) is 83.1 cm³/mol. The molecule has 20 heavy (non-hydrogen) atoms. The highest BCUT2D eigenvalue weighted by atomic mass is 79.9. The normalized spacial score (nSPS) is 11.4. The van der Waals surface area contributed by atoms with E-state index in [1.165, 1.54) is 0 Å². The molecule has 0 heterocycles. The van der Waals surface area contributed by atoms with Gasteiger partial charge in [-0.3, -0.25) is 10.1 Å². The molecular weight excluding hydrogens is 349 g/mol. The molecule has 0 fully saturated rings. The molecule has 4 nitrogen and oxygen atoms in total. The van der Waals surface area contributed by atoms with Crippen LogP contribution in [0.1, 0.15) is 26.7 Å². The van der Waals surface area contributed by atoms with E-state index in [1.807, 2.05) is 13.8 Å². The fourth-order valence-corrected chi connectivity index (χ4v) is 2.85. The maximum absolute atomic E-state index is 13.2. The van der Waals surface area contributed by atoms with Crippen LogP contribution >= 0.6 is 28.6 Å². The highest BCUT2D eigenvalue weighted by Crippen LogP contribution is 2.38. The highest BCUT2D eigenvalue weighted by Gasteiger charge is 2.28. The van der Waals surface area contributed by atoms with Crippen molar-refractivity contribution in [3.05, 3.63) is 32.5 Å². The monoisotopic (exact) mass is 365 g/mol. The first-order valence-electron chi connectivity index (χ1n) is 6.26. The number of nitro groups is 1. The van der Waals surface area contributed by atoms with Gasteiger partial charge in [-0.25, -0.2) is 4.39 Å². The Bertz CT molecular complexity index is 486. The van der Waals surface area contributed by atoms with E-state index in [2.05, 4.69) is 28.6 Å². The van der Waals surface area contributed by atoms with E-state index in [1.54, 1.807) is 0 Å². The number of hydrogen-bond acceptors (Lipinski definition) is 4. The average molecular weight is 366 g/mol. The summed E-state index contributed by atoms with van der Waals surface area (Å²) in [5, 5.41) is 11.0. The molecule has 0 aromatic heterocycles. The second kappa shape index (κ2) is 7.26. The third-order valence-electron chi connectivity index (χ3n) is 3.54. The maximum Gasteiger partial charge on any atom is 0.315 e. The van der Waals surface area contributed by atoms with Crippen LogP contribution < -0.4 is 4.74 Å².